The van der Waals surface area contributed by atoms with Crippen LogP contribution in [0.2, 0.25) is 0 Å². The summed E-state index contributed by atoms with van der Waals surface area (Å²) in [6, 6.07) is 7.62. The number of hydrogen-bond acceptors (Lipinski definition) is 4. The molecule has 2 rings (SSSR count). The van der Waals surface area contributed by atoms with E-state index in [0.29, 0.717) is 5.56 Å². The highest BCUT2D eigenvalue weighted by molar-refractivity contribution is 5.99. The van der Waals surface area contributed by atoms with E-state index in [2.05, 4.69) is 16.0 Å². The second kappa shape index (κ2) is 10.5. The number of nitrogens with one attached hydrogen (secondary N) is 3. The van der Waals surface area contributed by atoms with Crippen molar-refractivity contribution in [3.05, 3.63) is 59.4 Å². The number of alkyl carbamates (subject to hydrolysis) is 1. The second-order valence-electron chi connectivity index (χ2n) is 8.30. The highest BCUT2D eigenvalue weighted by Gasteiger charge is 2.35. The summed E-state index contributed by atoms with van der Waals surface area (Å²) in [6.45, 7) is 6.59. The molecule has 0 radical (unpaired) electrons. The van der Waals surface area contributed by atoms with Gasteiger partial charge in [-0.2, -0.15) is 13.2 Å². The zero-order chi connectivity index (χ0) is 24.8. The summed E-state index contributed by atoms with van der Waals surface area (Å²) in [5.41, 5.74) is -1.66. The third-order valence-corrected chi connectivity index (χ3v) is 4.43. The lowest BCUT2D eigenvalue weighted by Crippen LogP contribution is -2.45. The monoisotopic (exact) mass is 469 g/mol. The molecular formula is C23H27F4N3O3. The average molecular weight is 469 g/mol. The molecule has 3 N–H and O–H groups in total. The first-order valence-corrected chi connectivity index (χ1v) is 10.3. The lowest BCUT2D eigenvalue weighted by molar-refractivity contribution is -0.137. The summed E-state index contributed by atoms with van der Waals surface area (Å²) < 4.78 is 59.1. The molecule has 0 bridgehead atoms. The number of benzene rings is 2. The molecule has 6 nitrogen and oxygen atoms in total. The first-order chi connectivity index (χ1) is 15.3. The summed E-state index contributed by atoms with van der Waals surface area (Å²) in [5, 5.41) is 7.56. The maximum absolute atomic E-state index is 13.6. The van der Waals surface area contributed by atoms with Gasteiger partial charge in [0.2, 0.25) is 5.91 Å². The van der Waals surface area contributed by atoms with E-state index in [-0.39, 0.29) is 24.3 Å². The Hall–Kier alpha value is -3.30. The molecule has 0 aliphatic rings. The number of ether oxygens (including phenoxy) is 1. The number of amides is 2. The summed E-state index contributed by atoms with van der Waals surface area (Å²) >= 11 is 0. The zero-order valence-electron chi connectivity index (χ0n) is 18.8. The van der Waals surface area contributed by atoms with Crippen LogP contribution in [0.3, 0.4) is 0 Å². The van der Waals surface area contributed by atoms with Gasteiger partial charge in [0.15, 0.2) is 0 Å². The van der Waals surface area contributed by atoms with Crippen LogP contribution in [0.15, 0.2) is 42.5 Å². The fourth-order valence-electron chi connectivity index (χ4n) is 2.90. The Morgan fingerprint density at radius 3 is 2.21 bits per heavy atom. The molecule has 0 aliphatic carbocycles. The largest absolute Gasteiger partial charge is 0.444 e. The Morgan fingerprint density at radius 1 is 1.03 bits per heavy atom. The minimum absolute atomic E-state index is 0.0381. The molecular weight excluding hydrogens is 442 g/mol. The van der Waals surface area contributed by atoms with Crippen LogP contribution in [0, 0.1) is 5.82 Å². The van der Waals surface area contributed by atoms with Gasteiger partial charge >= 0.3 is 12.3 Å². The van der Waals surface area contributed by atoms with E-state index < -0.39 is 41.2 Å². The molecule has 0 heterocycles. The van der Waals surface area contributed by atoms with Gasteiger partial charge in [0, 0.05) is 6.54 Å². The average Bonchev–Trinajstić information content (AvgIpc) is 2.70. The van der Waals surface area contributed by atoms with Gasteiger partial charge in [-0.1, -0.05) is 25.1 Å². The van der Waals surface area contributed by atoms with Gasteiger partial charge in [-0.3, -0.25) is 4.79 Å². The quantitative estimate of drug-likeness (QED) is 0.455. The highest BCUT2D eigenvalue weighted by Crippen LogP contribution is 2.39. The van der Waals surface area contributed by atoms with Crippen molar-refractivity contribution in [3.8, 4) is 0 Å². The van der Waals surface area contributed by atoms with Crippen LogP contribution in [-0.4, -0.2) is 23.6 Å². The highest BCUT2D eigenvalue weighted by atomic mass is 19.4. The van der Waals surface area contributed by atoms with Gasteiger partial charge in [-0.05, 0) is 57.0 Å². The Labute approximate surface area is 189 Å². The van der Waals surface area contributed by atoms with E-state index in [4.69, 9.17) is 4.74 Å². The van der Waals surface area contributed by atoms with E-state index in [0.717, 1.165) is 6.07 Å². The van der Waals surface area contributed by atoms with Crippen LogP contribution in [0.1, 0.15) is 45.2 Å². The number of anilines is 2. The lowest BCUT2D eigenvalue weighted by atomic mass is 10.1. The van der Waals surface area contributed by atoms with Crippen molar-refractivity contribution in [2.75, 3.05) is 10.6 Å². The van der Waals surface area contributed by atoms with Crippen molar-refractivity contribution in [3.63, 3.8) is 0 Å². The van der Waals surface area contributed by atoms with Gasteiger partial charge in [0.05, 0.1) is 16.9 Å². The van der Waals surface area contributed by atoms with Crippen molar-refractivity contribution in [2.45, 2.75) is 58.5 Å². The van der Waals surface area contributed by atoms with E-state index in [1.165, 1.54) is 36.4 Å². The maximum atomic E-state index is 13.6. The Morgan fingerprint density at radius 2 is 1.67 bits per heavy atom. The smallest absolute Gasteiger partial charge is 0.418 e. The number of para-hydroxylation sites is 1. The van der Waals surface area contributed by atoms with Crippen LogP contribution >= 0.6 is 0 Å². The number of hydrogen-bond donors (Lipinski definition) is 3. The molecule has 10 heteroatoms. The molecule has 180 valence electrons. The molecule has 0 spiro atoms. The molecule has 0 saturated carbocycles. The zero-order valence-corrected chi connectivity index (χ0v) is 18.8. The van der Waals surface area contributed by atoms with Gasteiger partial charge in [0.1, 0.15) is 17.5 Å². The van der Waals surface area contributed by atoms with E-state index >= 15 is 0 Å². The van der Waals surface area contributed by atoms with Crippen LogP contribution < -0.4 is 16.0 Å². The minimum atomic E-state index is -4.69. The van der Waals surface area contributed by atoms with Gasteiger partial charge in [-0.25, -0.2) is 9.18 Å². The molecule has 2 aromatic carbocycles. The number of carbonyl (C=O) groups is 2. The van der Waals surface area contributed by atoms with Crippen molar-refractivity contribution < 1.29 is 31.9 Å². The molecule has 1 atom stereocenters. The van der Waals surface area contributed by atoms with Crippen LogP contribution in [0.25, 0.3) is 0 Å². The van der Waals surface area contributed by atoms with Gasteiger partial charge in [0.25, 0.3) is 0 Å². The second-order valence-corrected chi connectivity index (χ2v) is 8.30. The molecule has 2 amide bonds. The third kappa shape index (κ3) is 7.96. The first-order valence-electron chi connectivity index (χ1n) is 10.3. The number of rotatable bonds is 7. The normalized spacial score (nSPS) is 12.6. The van der Waals surface area contributed by atoms with Crippen LogP contribution in [-0.2, 0) is 22.3 Å². The molecule has 0 saturated heterocycles. The van der Waals surface area contributed by atoms with Gasteiger partial charge in [-0.15, -0.1) is 0 Å². The van der Waals surface area contributed by atoms with Crippen molar-refractivity contribution >= 4 is 23.4 Å². The third-order valence-electron chi connectivity index (χ3n) is 4.43. The van der Waals surface area contributed by atoms with Crippen molar-refractivity contribution in [1.82, 2.24) is 5.32 Å². The summed E-state index contributed by atoms with van der Waals surface area (Å²) in [5.74, 6) is -1.17. The lowest BCUT2D eigenvalue weighted by Gasteiger charge is -2.24. The van der Waals surface area contributed by atoms with Crippen molar-refractivity contribution in [1.29, 1.82) is 0 Å². The fourth-order valence-corrected chi connectivity index (χ4v) is 2.90. The van der Waals surface area contributed by atoms with Crippen LogP contribution in [0.4, 0.5) is 33.7 Å². The predicted octanol–water partition coefficient (Wildman–Crippen LogP) is 5.70. The summed E-state index contributed by atoms with van der Waals surface area (Å²) in [4.78, 5) is 24.8. The van der Waals surface area contributed by atoms with Crippen LogP contribution in [0.5, 0.6) is 0 Å². The Balaban J connectivity index is 2.25. The Kier molecular flexibility index (Phi) is 8.29. The molecule has 2 aromatic rings. The number of carbonyl (C=O) groups excluding carboxylic acids is 2. The number of alkyl halides is 3. The fraction of sp³-hybridized carbons (Fsp3) is 0.391. The first kappa shape index (κ1) is 26.0. The predicted molar refractivity (Wildman–Crippen MR) is 117 cm³/mol. The van der Waals surface area contributed by atoms with E-state index in [1.54, 1.807) is 27.7 Å². The standard InChI is InChI=1S/C23H27F4N3O3/c1-5-17(30-21(32)33-22(2,3)4)20(31)29-18-8-6-7-16(23(25,26)27)19(18)28-13-14-9-11-15(24)12-10-14/h6-12,17,28H,5,13H2,1-4H3,(H,29,31)(H,30,32)/t17-/m0/s1. The van der Waals surface area contributed by atoms with E-state index in [1.807, 2.05) is 0 Å². The molecule has 0 fully saturated rings. The minimum Gasteiger partial charge on any atom is -0.444 e. The molecule has 0 unspecified atom stereocenters. The van der Waals surface area contributed by atoms with Crippen molar-refractivity contribution in [2.24, 2.45) is 0 Å². The SMILES string of the molecule is CC[C@H](NC(=O)OC(C)(C)C)C(=O)Nc1cccc(C(F)(F)F)c1NCc1ccc(F)cc1. The molecule has 33 heavy (non-hydrogen) atoms. The van der Waals surface area contributed by atoms with E-state index in [9.17, 15) is 27.2 Å². The summed E-state index contributed by atoms with van der Waals surface area (Å²) in [6.07, 6.45) is -5.32. The van der Waals surface area contributed by atoms with Gasteiger partial charge < -0.3 is 20.7 Å². The molecule has 0 aromatic heterocycles. The topological polar surface area (TPSA) is 79.5 Å². The maximum Gasteiger partial charge on any atom is 0.418 e. The Bertz CT molecular complexity index is 970. The molecule has 0 aliphatic heterocycles. The number of halogens is 4. The summed E-state index contributed by atoms with van der Waals surface area (Å²) in [7, 11) is 0.